The summed E-state index contributed by atoms with van der Waals surface area (Å²) in [7, 11) is 0. The van der Waals surface area contributed by atoms with Crippen molar-refractivity contribution in [3.05, 3.63) is 91.4 Å². The Bertz CT molecular complexity index is 1070. The summed E-state index contributed by atoms with van der Waals surface area (Å²) < 4.78 is 12.4. The van der Waals surface area contributed by atoms with Crippen LogP contribution in [0.5, 0.6) is 11.5 Å². The molecule has 1 unspecified atom stereocenters. The summed E-state index contributed by atoms with van der Waals surface area (Å²) in [6.07, 6.45) is 0.646. The van der Waals surface area contributed by atoms with Crippen LogP contribution in [-0.4, -0.2) is 13.2 Å². The minimum atomic E-state index is -0.197. The molecule has 0 aliphatic heterocycles. The van der Waals surface area contributed by atoms with E-state index in [1.165, 1.54) is 0 Å². The number of nitriles is 1. The molecule has 0 aromatic heterocycles. The molecule has 0 saturated heterocycles. The molecule has 0 radical (unpaired) electrons. The Morgan fingerprint density at radius 3 is 2.19 bits per heavy atom. The maximum Gasteiger partial charge on any atom is 0.156 e. The van der Waals surface area contributed by atoms with Gasteiger partial charge in [-0.25, -0.2) is 0 Å². The lowest BCUT2D eigenvalue weighted by Crippen LogP contribution is -2.09. The topological polar surface area (TPSA) is 42.2 Å². The molecule has 0 aliphatic rings. The van der Waals surface area contributed by atoms with Gasteiger partial charge in [0.25, 0.3) is 0 Å². The van der Waals surface area contributed by atoms with E-state index in [-0.39, 0.29) is 5.92 Å². The third-order valence-electron chi connectivity index (χ3n) is 4.87. The zero-order valence-electron chi connectivity index (χ0n) is 17.3. The molecule has 31 heavy (non-hydrogen) atoms. The van der Waals surface area contributed by atoms with Crippen LogP contribution in [0.4, 0.5) is 0 Å². The zero-order chi connectivity index (χ0) is 22.4. The van der Waals surface area contributed by atoms with E-state index in [0.717, 1.165) is 32.5 Å². The molecule has 0 bridgehead atoms. The summed E-state index contributed by atoms with van der Waals surface area (Å²) in [5.74, 6) is 1.01. The maximum absolute atomic E-state index is 9.66. The number of benzene rings is 3. The third-order valence-corrected chi connectivity index (χ3v) is 5.92. The van der Waals surface area contributed by atoms with Crippen LogP contribution in [0.15, 0.2) is 59.1 Å². The quantitative estimate of drug-likeness (QED) is 0.287. The molecule has 1 atom stereocenters. The molecular weight excluding hydrogens is 497 g/mol. The first-order chi connectivity index (χ1) is 14.9. The number of hydrogen-bond acceptors (Lipinski definition) is 3. The molecule has 3 aromatic carbocycles. The first-order valence-electron chi connectivity index (χ1n) is 9.83. The predicted octanol–water partition coefficient (Wildman–Crippen LogP) is 7.68. The van der Waals surface area contributed by atoms with Crippen molar-refractivity contribution < 1.29 is 9.47 Å². The van der Waals surface area contributed by atoms with E-state index in [2.05, 4.69) is 22.0 Å². The van der Waals surface area contributed by atoms with Crippen LogP contribution in [0.3, 0.4) is 0 Å². The minimum absolute atomic E-state index is 0.197. The second kappa shape index (κ2) is 10.9. The van der Waals surface area contributed by atoms with Gasteiger partial charge in [-0.15, -0.1) is 0 Å². The molecule has 0 spiro atoms. The lowest BCUT2D eigenvalue weighted by atomic mass is 9.90. The van der Waals surface area contributed by atoms with Crippen LogP contribution in [0.25, 0.3) is 0 Å². The van der Waals surface area contributed by atoms with Crippen LogP contribution in [0.2, 0.25) is 10.0 Å². The molecule has 3 aromatic rings. The highest BCUT2D eigenvalue weighted by atomic mass is 79.9. The Kier molecular flexibility index (Phi) is 8.26. The van der Waals surface area contributed by atoms with Crippen molar-refractivity contribution >= 4 is 39.1 Å². The molecule has 6 heteroatoms. The Labute approximate surface area is 201 Å². The third kappa shape index (κ3) is 6.40. The van der Waals surface area contributed by atoms with E-state index >= 15 is 0 Å². The molecule has 3 nitrogen and oxygen atoms in total. The molecule has 0 heterocycles. The van der Waals surface area contributed by atoms with Crippen molar-refractivity contribution in [2.24, 2.45) is 0 Å². The number of aryl methyl sites for hydroxylation is 2. The number of hydrogen-bond donors (Lipinski definition) is 0. The lowest BCUT2D eigenvalue weighted by Gasteiger charge is -2.14. The number of halogens is 3. The first-order valence-corrected chi connectivity index (χ1v) is 11.4. The zero-order valence-corrected chi connectivity index (χ0v) is 20.4. The Morgan fingerprint density at radius 1 is 0.935 bits per heavy atom. The standard InChI is InChI=1S/C25H22BrCl2NO2/c1-16-11-23(27)25(24(28)12-16)31-10-9-30-21-6-3-18(4-7-21)14-19(15-29)22-8-5-20(26)13-17(22)2/h3-8,11-13,19H,9-10,14H2,1-2H3. The highest BCUT2D eigenvalue weighted by Crippen LogP contribution is 2.34. The molecule has 0 N–H and O–H groups in total. The highest BCUT2D eigenvalue weighted by molar-refractivity contribution is 9.10. The van der Waals surface area contributed by atoms with Crippen LogP contribution >= 0.6 is 39.1 Å². The molecule has 0 aliphatic carbocycles. The second-order valence-electron chi connectivity index (χ2n) is 7.29. The van der Waals surface area contributed by atoms with Crippen molar-refractivity contribution in [1.29, 1.82) is 5.26 Å². The van der Waals surface area contributed by atoms with Gasteiger partial charge >= 0.3 is 0 Å². The van der Waals surface area contributed by atoms with E-state index < -0.39 is 0 Å². The average Bonchev–Trinajstić information content (AvgIpc) is 2.72. The summed E-state index contributed by atoms with van der Waals surface area (Å²) in [6, 6.07) is 19.9. The summed E-state index contributed by atoms with van der Waals surface area (Å²) in [5, 5.41) is 10.6. The highest BCUT2D eigenvalue weighted by Gasteiger charge is 2.14. The van der Waals surface area contributed by atoms with Gasteiger partial charge in [0.2, 0.25) is 0 Å². The SMILES string of the molecule is Cc1cc(Cl)c(OCCOc2ccc(CC(C#N)c3ccc(Br)cc3C)cc2)c(Cl)c1. The molecule has 0 amide bonds. The Morgan fingerprint density at radius 2 is 1.58 bits per heavy atom. The van der Waals surface area contributed by atoms with E-state index in [0.29, 0.717) is 35.4 Å². The van der Waals surface area contributed by atoms with Gasteiger partial charge in [-0.2, -0.15) is 5.26 Å². The smallest absolute Gasteiger partial charge is 0.156 e. The van der Waals surface area contributed by atoms with Crippen molar-refractivity contribution in [2.45, 2.75) is 26.2 Å². The van der Waals surface area contributed by atoms with E-state index in [1.54, 1.807) is 0 Å². The van der Waals surface area contributed by atoms with Crippen LogP contribution in [0, 0.1) is 25.2 Å². The Balaban J connectivity index is 1.54. The maximum atomic E-state index is 9.66. The van der Waals surface area contributed by atoms with E-state index in [1.807, 2.05) is 68.4 Å². The van der Waals surface area contributed by atoms with Crippen molar-refractivity contribution in [2.75, 3.05) is 13.2 Å². The van der Waals surface area contributed by atoms with Gasteiger partial charge in [0.05, 0.1) is 22.0 Å². The summed E-state index contributed by atoms with van der Waals surface area (Å²) in [5.41, 5.74) is 4.22. The van der Waals surface area contributed by atoms with E-state index in [4.69, 9.17) is 32.7 Å². The lowest BCUT2D eigenvalue weighted by molar-refractivity contribution is 0.217. The van der Waals surface area contributed by atoms with Gasteiger partial charge in [-0.3, -0.25) is 0 Å². The van der Waals surface area contributed by atoms with Crippen LogP contribution in [0.1, 0.15) is 28.2 Å². The van der Waals surface area contributed by atoms with Crippen LogP contribution < -0.4 is 9.47 Å². The fourth-order valence-corrected chi connectivity index (χ4v) is 4.52. The normalized spacial score (nSPS) is 11.6. The summed E-state index contributed by atoms with van der Waals surface area (Å²) in [6.45, 7) is 4.63. The minimum Gasteiger partial charge on any atom is -0.490 e. The number of ether oxygens (including phenoxy) is 2. The van der Waals surface area contributed by atoms with Gasteiger partial charge in [-0.05, 0) is 78.9 Å². The van der Waals surface area contributed by atoms with Gasteiger partial charge in [-0.1, -0.05) is 57.3 Å². The molecule has 160 valence electrons. The summed E-state index contributed by atoms with van der Waals surface area (Å²) in [4.78, 5) is 0. The predicted molar refractivity (Wildman–Crippen MR) is 130 cm³/mol. The summed E-state index contributed by atoms with van der Waals surface area (Å²) >= 11 is 15.8. The van der Waals surface area contributed by atoms with Crippen molar-refractivity contribution in [3.63, 3.8) is 0 Å². The fraction of sp³-hybridized carbons (Fsp3) is 0.240. The van der Waals surface area contributed by atoms with Crippen LogP contribution in [-0.2, 0) is 6.42 Å². The number of rotatable bonds is 8. The largest absolute Gasteiger partial charge is 0.490 e. The Hall–Kier alpha value is -2.19. The average molecular weight is 519 g/mol. The number of nitrogens with zero attached hydrogens (tertiary/aromatic N) is 1. The molecule has 3 rings (SSSR count). The second-order valence-corrected chi connectivity index (χ2v) is 9.02. The molecular formula is C25H22BrCl2NO2. The van der Waals surface area contributed by atoms with Gasteiger partial charge in [0, 0.05) is 4.47 Å². The van der Waals surface area contributed by atoms with Crippen molar-refractivity contribution in [1.82, 2.24) is 0 Å². The molecule has 0 fully saturated rings. The molecule has 0 saturated carbocycles. The van der Waals surface area contributed by atoms with Gasteiger partial charge in [0.1, 0.15) is 19.0 Å². The monoisotopic (exact) mass is 517 g/mol. The van der Waals surface area contributed by atoms with Gasteiger partial charge < -0.3 is 9.47 Å². The van der Waals surface area contributed by atoms with Gasteiger partial charge in [0.15, 0.2) is 5.75 Å². The van der Waals surface area contributed by atoms with E-state index in [9.17, 15) is 5.26 Å². The van der Waals surface area contributed by atoms with Crippen molar-refractivity contribution in [3.8, 4) is 17.6 Å². The fourth-order valence-electron chi connectivity index (χ4n) is 3.34. The first kappa shape index (κ1) is 23.5.